The van der Waals surface area contributed by atoms with Crippen LogP contribution < -0.4 is 4.98 Å². The molecule has 0 radical (unpaired) electrons. The molecule has 0 aromatic heterocycles. The van der Waals surface area contributed by atoms with Crippen LogP contribution in [0.2, 0.25) is 19.6 Å². The maximum atomic E-state index is 3.55. The quantitative estimate of drug-likeness (QED) is 0.687. The normalized spacial score (nSPS) is 11.3. The summed E-state index contributed by atoms with van der Waals surface area (Å²) in [6, 6.07) is 8.58. The van der Waals surface area contributed by atoms with E-state index in [-0.39, 0.29) is 0 Å². The number of hydrogen-bond donors (Lipinski definition) is 1. The molecule has 1 aromatic rings. The van der Waals surface area contributed by atoms with Crippen molar-refractivity contribution in [2.24, 2.45) is 0 Å². The summed E-state index contributed by atoms with van der Waals surface area (Å²) in [5.41, 5.74) is 2.57. The Balaban J connectivity index is 2.71. The lowest BCUT2D eigenvalue weighted by molar-refractivity contribution is 1.46. The summed E-state index contributed by atoms with van der Waals surface area (Å²) in [7, 11) is -1.17. The van der Waals surface area contributed by atoms with Crippen LogP contribution in [0.1, 0.15) is 5.56 Å². The van der Waals surface area contributed by atoms with Crippen molar-refractivity contribution in [3.63, 3.8) is 0 Å². The van der Waals surface area contributed by atoms with Crippen molar-refractivity contribution in [1.29, 1.82) is 0 Å². The van der Waals surface area contributed by atoms with Gasteiger partial charge in [0.2, 0.25) is 0 Å². The van der Waals surface area contributed by atoms with Gasteiger partial charge in [-0.2, -0.15) is 0 Å². The summed E-state index contributed by atoms with van der Waals surface area (Å²) < 4.78 is 0. The summed E-state index contributed by atoms with van der Waals surface area (Å²) in [6.07, 6.45) is 0. The number of benzene rings is 1. The first-order chi connectivity index (χ1) is 5.47. The molecule has 0 saturated carbocycles. The van der Waals surface area contributed by atoms with Crippen LogP contribution >= 0.6 is 0 Å². The van der Waals surface area contributed by atoms with E-state index in [1.54, 1.807) is 0 Å². The second-order valence-electron chi connectivity index (χ2n) is 4.24. The van der Waals surface area contributed by atoms with Crippen molar-refractivity contribution in [3.05, 3.63) is 29.8 Å². The first kappa shape index (κ1) is 9.33. The number of aryl methyl sites for hydroxylation is 1. The van der Waals surface area contributed by atoms with Gasteiger partial charge >= 0.3 is 0 Å². The molecule has 0 aliphatic carbocycles. The van der Waals surface area contributed by atoms with E-state index in [4.69, 9.17) is 0 Å². The minimum absolute atomic E-state index is 1.17. The molecular formula is C10H17NSi. The largest absolute Gasteiger partial charge is 0.411 e. The summed E-state index contributed by atoms with van der Waals surface area (Å²) in [4.78, 5) is 3.55. The topological polar surface area (TPSA) is 12.0 Å². The molecule has 1 nitrogen and oxygen atoms in total. The first-order valence-electron chi connectivity index (χ1n) is 4.32. The highest BCUT2D eigenvalue weighted by atomic mass is 28.3. The summed E-state index contributed by atoms with van der Waals surface area (Å²) in [6.45, 7) is 9.00. The van der Waals surface area contributed by atoms with Crippen LogP contribution in [0, 0.1) is 6.92 Å². The van der Waals surface area contributed by atoms with Crippen LogP contribution in [0.3, 0.4) is 0 Å². The molecule has 1 rings (SSSR count). The highest BCUT2D eigenvalue weighted by molar-refractivity contribution is 6.79. The van der Waals surface area contributed by atoms with E-state index in [1.807, 2.05) is 0 Å². The van der Waals surface area contributed by atoms with Gasteiger partial charge in [-0.25, -0.2) is 0 Å². The van der Waals surface area contributed by atoms with Gasteiger partial charge in [-0.05, 0) is 19.1 Å². The molecule has 1 N–H and O–H groups in total. The van der Waals surface area contributed by atoms with Crippen LogP contribution in [0.5, 0.6) is 0 Å². The van der Waals surface area contributed by atoms with Crippen LogP contribution in [0.25, 0.3) is 0 Å². The van der Waals surface area contributed by atoms with Gasteiger partial charge in [0.05, 0.1) is 0 Å². The Morgan fingerprint density at radius 2 is 1.50 bits per heavy atom. The highest BCUT2D eigenvalue weighted by Crippen LogP contribution is 2.12. The molecule has 2 heteroatoms. The molecule has 0 spiro atoms. The van der Waals surface area contributed by atoms with E-state index >= 15 is 0 Å². The van der Waals surface area contributed by atoms with Gasteiger partial charge in [-0.15, -0.1) is 0 Å². The van der Waals surface area contributed by atoms with E-state index in [1.165, 1.54) is 11.3 Å². The van der Waals surface area contributed by atoms with Crippen molar-refractivity contribution in [1.82, 2.24) is 0 Å². The molecule has 66 valence electrons. The van der Waals surface area contributed by atoms with Gasteiger partial charge in [0.1, 0.15) is 8.24 Å². The van der Waals surface area contributed by atoms with E-state index in [0.717, 1.165) is 0 Å². The molecular weight excluding hydrogens is 162 g/mol. The molecule has 0 aliphatic heterocycles. The SMILES string of the molecule is Cc1ccc(N[Si](C)(C)C)cc1. The molecule has 0 aliphatic rings. The molecule has 0 heterocycles. The first-order valence-corrected chi connectivity index (χ1v) is 7.82. The maximum Gasteiger partial charge on any atom is 0.144 e. The molecule has 0 unspecified atom stereocenters. The van der Waals surface area contributed by atoms with Gasteiger partial charge in [0.25, 0.3) is 0 Å². The molecule has 1 aromatic carbocycles. The summed E-state index contributed by atoms with van der Waals surface area (Å²) >= 11 is 0. The van der Waals surface area contributed by atoms with Gasteiger partial charge in [0, 0.05) is 5.69 Å². The molecule has 0 atom stereocenters. The third kappa shape index (κ3) is 3.09. The minimum Gasteiger partial charge on any atom is -0.411 e. The fourth-order valence-electron chi connectivity index (χ4n) is 1.07. The van der Waals surface area contributed by atoms with Crippen molar-refractivity contribution in [2.45, 2.75) is 26.6 Å². The summed E-state index contributed by atoms with van der Waals surface area (Å²) in [5.74, 6) is 0. The fraction of sp³-hybridized carbons (Fsp3) is 0.400. The van der Waals surface area contributed by atoms with E-state index < -0.39 is 8.24 Å². The second-order valence-corrected chi connectivity index (χ2v) is 8.99. The molecule has 0 fully saturated rings. The Morgan fingerprint density at radius 3 is 1.92 bits per heavy atom. The Hall–Kier alpha value is -0.763. The van der Waals surface area contributed by atoms with Gasteiger partial charge in [0.15, 0.2) is 0 Å². The third-order valence-electron chi connectivity index (χ3n) is 1.57. The lowest BCUT2D eigenvalue weighted by atomic mass is 10.2. The minimum atomic E-state index is -1.17. The van der Waals surface area contributed by atoms with Crippen LogP contribution in [0.4, 0.5) is 5.69 Å². The lowest BCUT2D eigenvalue weighted by Crippen LogP contribution is -2.32. The predicted molar refractivity (Wildman–Crippen MR) is 58.1 cm³/mol. The van der Waals surface area contributed by atoms with Crippen LogP contribution in [0.15, 0.2) is 24.3 Å². The number of nitrogens with one attached hydrogen (secondary N) is 1. The Labute approximate surface area is 75.9 Å². The maximum absolute atomic E-state index is 3.55. The highest BCUT2D eigenvalue weighted by Gasteiger charge is 2.11. The lowest BCUT2D eigenvalue weighted by Gasteiger charge is -2.19. The Bertz CT molecular complexity index is 246. The number of hydrogen-bond acceptors (Lipinski definition) is 1. The Kier molecular flexibility index (Phi) is 2.57. The molecule has 0 amide bonds. The zero-order valence-corrected chi connectivity index (χ0v) is 9.31. The van der Waals surface area contributed by atoms with E-state index in [0.29, 0.717) is 0 Å². The third-order valence-corrected chi connectivity index (χ3v) is 2.61. The zero-order chi connectivity index (χ0) is 9.19. The standard InChI is InChI=1S/C10H17NSi/c1-9-5-7-10(8-6-9)11-12(2,3)4/h5-8,11H,1-4H3. The van der Waals surface area contributed by atoms with Crippen molar-refractivity contribution in [3.8, 4) is 0 Å². The smallest absolute Gasteiger partial charge is 0.144 e. The van der Waals surface area contributed by atoms with Crippen molar-refractivity contribution >= 4 is 13.9 Å². The van der Waals surface area contributed by atoms with Gasteiger partial charge < -0.3 is 4.98 Å². The average molecular weight is 179 g/mol. The van der Waals surface area contributed by atoms with Crippen LogP contribution in [-0.2, 0) is 0 Å². The van der Waals surface area contributed by atoms with Crippen molar-refractivity contribution < 1.29 is 0 Å². The average Bonchev–Trinajstić information content (AvgIpc) is 1.91. The van der Waals surface area contributed by atoms with Crippen LogP contribution in [-0.4, -0.2) is 8.24 Å². The Morgan fingerprint density at radius 1 is 1.00 bits per heavy atom. The van der Waals surface area contributed by atoms with Gasteiger partial charge in [-0.1, -0.05) is 37.3 Å². The predicted octanol–water partition coefficient (Wildman–Crippen LogP) is 3.24. The molecule has 0 bridgehead atoms. The molecule has 12 heavy (non-hydrogen) atoms. The second kappa shape index (κ2) is 3.31. The monoisotopic (exact) mass is 179 g/mol. The van der Waals surface area contributed by atoms with E-state index in [2.05, 4.69) is 55.8 Å². The van der Waals surface area contributed by atoms with E-state index in [9.17, 15) is 0 Å². The van der Waals surface area contributed by atoms with Gasteiger partial charge in [-0.3, -0.25) is 0 Å². The zero-order valence-electron chi connectivity index (χ0n) is 8.31. The summed E-state index contributed by atoms with van der Waals surface area (Å²) in [5, 5.41) is 0. The van der Waals surface area contributed by atoms with Crippen molar-refractivity contribution in [2.75, 3.05) is 4.98 Å². The number of rotatable bonds is 2. The fourth-order valence-corrected chi connectivity index (χ4v) is 2.10. The number of anilines is 1. The molecule has 0 saturated heterocycles.